The fourth-order valence-corrected chi connectivity index (χ4v) is 2.40. The van der Waals surface area contributed by atoms with Crippen LogP contribution in [0.4, 0.5) is 4.79 Å². The fraction of sp³-hybridized carbons (Fsp3) is 0.391. The third-order valence-electron chi connectivity index (χ3n) is 3.99. The third-order valence-corrected chi connectivity index (χ3v) is 3.99. The topological polar surface area (TPSA) is 92.3 Å². The Morgan fingerprint density at radius 1 is 0.774 bits per heavy atom. The molecule has 0 fully saturated rings. The van der Waals surface area contributed by atoms with Crippen molar-refractivity contribution >= 4 is 12.4 Å². The summed E-state index contributed by atoms with van der Waals surface area (Å²) >= 11 is 0. The second-order valence-corrected chi connectivity index (χ2v) is 6.36. The molecular formula is C23H29NO7. The first-order chi connectivity index (χ1) is 15.3. The van der Waals surface area contributed by atoms with Crippen LogP contribution in [0, 0.1) is 0 Å². The van der Waals surface area contributed by atoms with Gasteiger partial charge in [0.05, 0.1) is 39.6 Å². The maximum atomic E-state index is 11.6. The second kappa shape index (κ2) is 15.8. The van der Waals surface area contributed by atoms with Gasteiger partial charge in [0.15, 0.2) is 0 Å². The Morgan fingerprint density at radius 3 is 2.03 bits per heavy atom. The lowest BCUT2D eigenvalue weighted by atomic mass is 10.2. The number of amides is 1. The zero-order valence-electron chi connectivity index (χ0n) is 17.5. The van der Waals surface area contributed by atoms with Gasteiger partial charge in [-0.05, 0) is 29.8 Å². The monoisotopic (exact) mass is 431 g/mol. The lowest BCUT2D eigenvalue weighted by Crippen LogP contribution is -2.28. The fourth-order valence-electron chi connectivity index (χ4n) is 2.40. The molecule has 1 amide bonds. The Kier molecular flexibility index (Phi) is 12.4. The van der Waals surface area contributed by atoms with Crippen LogP contribution >= 0.6 is 0 Å². The first kappa shape index (κ1) is 24.3. The second-order valence-electron chi connectivity index (χ2n) is 6.36. The van der Waals surface area contributed by atoms with Gasteiger partial charge in [-0.2, -0.15) is 0 Å². The van der Waals surface area contributed by atoms with Crippen LogP contribution in [0.2, 0.25) is 0 Å². The van der Waals surface area contributed by atoms with Crippen molar-refractivity contribution in [2.45, 2.75) is 6.61 Å². The van der Waals surface area contributed by atoms with Crippen LogP contribution < -0.4 is 10.1 Å². The molecule has 1 N–H and O–H groups in total. The van der Waals surface area contributed by atoms with E-state index in [4.69, 9.17) is 23.7 Å². The number of carbonyl (C=O) groups excluding carboxylic acids is 2. The van der Waals surface area contributed by atoms with Crippen LogP contribution in [0.25, 0.3) is 0 Å². The number of ether oxygens (including phenoxy) is 5. The van der Waals surface area contributed by atoms with Crippen LogP contribution in [0.3, 0.4) is 0 Å². The van der Waals surface area contributed by atoms with Crippen molar-refractivity contribution in [1.29, 1.82) is 0 Å². The Labute approximate surface area is 182 Å². The molecule has 2 aromatic rings. The highest BCUT2D eigenvalue weighted by atomic mass is 16.6. The van der Waals surface area contributed by atoms with E-state index in [9.17, 15) is 9.59 Å². The van der Waals surface area contributed by atoms with Crippen LogP contribution in [-0.2, 0) is 25.6 Å². The van der Waals surface area contributed by atoms with E-state index < -0.39 is 6.09 Å². The van der Waals surface area contributed by atoms with Crippen molar-refractivity contribution in [1.82, 2.24) is 5.32 Å². The van der Waals surface area contributed by atoms with E-state index in [2.05, 4.69) is 5.32 Å². The van der Waals surface area contributed by atoms with E-state index in [0.717, 1.165) is 11.8 Å². The van der Waals surface area contributed by atoms with Gasteiger partial charge in [-0.1, -0.05) is 30.3 Å². The summed E-state index contributed by atoms with van der Waals surface area (Å²) in [6.07, 6.45) is 0.321. The molecule has 0 unspecified atom stereocenters. The minimum absolute atomic E-state index is 0.240. The van der Waals surface area contributed by atoms with E-state index in [1.165, 1.54) is 0 Å². The highest BCUT2D eigenvalue weighted by molar-refractivity contribution is 5.74. The van der Waals surface area contributed by atoms with Gasteiger partial charge in [-0.25, -0.2) is 4.79 Å². The molecule has 0 aliphatic carbocycles. The lowest BCUT2D eigenvalue weighted by molar-refractivity contribution is 0.00977. The van der Waals surface area contributed by atoms with Gasteiger partial charge in [0.2, 0.25) is 0 Å². The van der Waals surface area contributed by atoms with Crippen LogP contribution in [-0.4, -0.2) is 65.2 Å². The molecule has 0 saturated heterocycles. The van der Waals surface area contributed by atoms with E-state index in [1.54, 1.807) is 24.3 Å². The largest absolute Gasteiger partial charge is 0.491 e. The number of nitrogens with one attached hydrogen (secondary N) is 1. The normalized spacial score (nSPS) is 10.5. The van der Waals surface area contributed by atoms with Gasteiger partial charge in [-0.15, -0.1) is 0 Å². The minimum atomic E-state index is -0.470. The van der Waals surface area contributed by atoms with E-state index in [0.29, 0.717) is 64.1 Å². The Morgan fingerprint density at radius 2 is 1.39 bits per heavy atom. The van der Waals surface area contributed by atoms with Gasteiger partial charge in [0.25, 0.3) is 0 Å². The Bertz CT molecular complexity index is 737. The van der Waals surface area contributed by atoms with Gasteiger partial charge < -0.3 is 29.0 Å². The molecule has 168 valence electrons. The number of benzene rings is 2. The number of aldehydes is 1. The summed E-state index contributed by atoms with van der Waals surface area (Å²) < 4.78 is 26.8. The van der Waals surface area contributed by atoms with Gasteiger partial charge in [0, 0.05) is 12.1 Å². The molecule has 0 aliphatic heterocycles. The molecule has 0 spiro atoms. The molecular weight excluding hydrogens is 402 g/mol. The molecule has 31 heavy (non-hydrogen) atoms. The van der Waals surface area contributed by atoms with Crippen LogP contribution in [0.1, 0.15) is 15.9 Å². The van der Waals surface area contributed by atoms with Crippen LogP contribution in [0.15, 0.2) is 54.6 Å². The summed E-state index contributed by atoms with van der Waals surface area (Å²) in [5.74, 6) is 0.696. The van der Waals surface area contributed by atoms with Crippen molar-refractivity contribution in [2.24, 2.45) is 0 Å². The predicted octanol–water partition coefficient (Wildman–Crippen LogP) is 2.85. The molecule has 0 saturated carbocycles. The summed E-state index contributed by atoms with van der Waals surface area (Å²) in [4.78, 5) is 22.1. The van der Waals surface area contributed by atoms with E-state index >= 15 is 0 Å². The van der Waals surface area contributed by atoms with Crippen molar-refractivity contribution < 1.29 is 33.3 Å². The molecule has 0 heterocycles. The predicted molar refractivity (Wildman–Crippen MR) is 114 cm³/mol. The standard InChI is InChI=1S/C23H29NO7/c25-18-20-6-8-22(9-7-20)30-17-16-29-15-14-28-13-12-27-11-10-24-23(26)31-19-21-4-2-1-3-5-21/h1-9,18H,10-17,19H2,(H,24,26). The molecule has 0 aliphatic rings. The molecule has 2 aromatic carbocycles. The maximum absolute atomic E-state index is 11.6. The van der Waals surface area contributed by atoms with Crippen molar-refractivity contribution in [3.63, 3.8) is 0 Å². The van der Waals surface area contributed by atoms with Crippen LogP contribution in [0.5, 0.6) is 5.75 Å². The highest BCUT2D eigenvalue weighted by Crippen LogP contribution is 2.10. The summed E-state index contributed by atoms with van der Waals surface area (Å²) in [7, 11) is 0. The average Bonchev–Trinajstić information content (AvgIpc) is 2.81. The molecule has 0 radical (unpaired) electrons. The molecule has 8 heteroatoms. The molecule has 0 aromatic heterocycles. The molecule has 8 nitrogen and oxygen atoms in total. The zero-order valence-corrected chi connectivity index (χ0v) is 17.5. The summed E-state index contributed by atoms with van der Waals surface area (Å²) in [5.41, 5.74) is 1.55. The number of hydrogen-bond donors (Lipinski definition) is 1. The molecule has 0 bridgehead atoms. The van der Waals surface area contributed by atoms with Crippen molar-refractivity contribution in [3.8, 4) is 5.75 Å². The average molecular weight is 431 g/mol. The zero-order chi connectivity index (χ0) is 22.0. The number of carbonyl (C=O) groups is 2. The van der Waals surface area contributed by atoms with Gasteiger partial charge in [0.1, 0.15) is 25.2 Å². The summed E-state index contributed by atoms with van der Waals surface area (Å²) in [6.45, 7) is 3.65. The smallest absolute Gasteiger partial charge is 0.407 e. The summed E-state index contributed by atoms with van der Waals surface area (Å²) in [6, 6.07) is 16.4. The maximum Gasteiger partial charge on any atom is 0.407 e. The SMILES string of the molecule is O=Cc1ccc(OCCOCCOCCOCCNC(=O)OCc2ccccc2)cc1. The van der Waals surface area contributed by atoms with Gasteiger partial charge >= 0.3 is 6.09 Å². The van der Waals surface area contributed by atoms with E-state index in [1.807, 2.05) is 30.3 Å². The number of alkyl carbamates (subject to hydrolysis) is 1. The highest BCUT2D eigenvalue weighted by Gasteiger charge is 2.01. The lowest BCUT2D eigenvalue weighted by Gasteiger charge is -2.09. The molecule has 2 rings (SSSR count). The van der Waals surface area contributed by atoms with Crippen molar-refractivity contribution in [2.75, 3.05) is 52.8 Å². The third kappa shape index (κ3) is 11.7. The number of rotatable bonds is 16. The van der Waals surface area contributed by atoms with Crippen molar-refractivity contribution in [3.05, 3.63) is 65.7 Å². The minimum Gasteiger partial charge on any atom is -0.491 e. The first-order valence-corrected chi connectivity index (χ1v) is 10.1. The number of hydrogen-bond acceptors (Lipinski definition) is 7. The van der Waals surface area contributed by atoms with Gasteiger partial charge in [-0.3, -0.25) is 4.79 Å². The summed E-state index contributed by atoms with van der Waals surface area (Å²) in [5, 5.41) is 2.63. The Balaban J connectivity index is 1.32. The Hall–Kier alpha value is -2.94. The van der Waals surface area contributed by atoms with E-state index in [-0.39, 0.29) is 6.61 Å². The first-order valence-electron chi connectivity index (χ1n) is 10.1. The molecule has 0 atom stereocenters. The quantitative estimate of drug-likeness (QED) is 0.323.